The summed E-state index contributed by atoms with van der Waals surface area (Å²) in [6.45, 7) is 5.60. The quantitative estimate of drug-likeness (QED) is 0.690. The molecule has 0 saturated carbocycles. The summed E-state index contributed by atoms with van der Waals surface area (Å²) in [5, 5.41) is 4.56. The van der Waals surface area contributed by atoms with Gasteiger partial charge in [0.1, 0.15) is 0 Å². The number of piperazine rings is 1. The number of aryl methyl sites for hydroxylation is 1. The Morgan fingerprint density at radius 1 is 0.897 bits per heavy atom. The lowest BCUT2D eigenvalue weighted by Crippen LogP contribution is -2.50. The van der Waals surface area contributed by atoms with E-state index in [1.807, 2.05) is 61.5 Å². The average molecular weight is 389 g/mol. The van der Waals surface area contributed by atoms with Gasteiger partial charge in [0.15, 0.2) is 5.82 Å². The van der Waals surface area contributed by atoms with Crippen molar-refractivity contribution in [2.45, 2.75) is 13.8 Å². The fourth-order valence-electron chi connectivity index (χ4n) is 3.48. The van der Waals surface area contributed by atoms with Crippen molar-refractivity contribution in [2.75, 3.05) is 26.2 Å². The summed E-state index contributed by atoms with van der Waals surface area (Å²) in [5.74, 6) is 0.616. The van der Waals surface area contributed by atoms with Gasteiger partial charge in [-0.15, -0.1) is 5.10 Å². The SMILES string of the molecule is CC(=O)N1CCN(C(=O)c2nc(-c3ccccc3)n(-c3cccc(C)c3)n2)CC1. The zero-order chi connectivity index (χ0) is 20.4. The lowest BCUT2D eigenvalue weighted by molar-refractivity contribution is -0.130. The predicted octanol–water partition coefficient (Wildman–Crippen LogP) is 2.55. The van der Waals surface area contributed by atoms with Crippen molar-refractivity contribution in [1.29, 1.82) is 0 Å². The second-order valence-electron chi connectivity index (χ2n) is 7.17. The molecule has 0 aliphatic carbocycles. The third kappa shape index (κ3) is 3.89. The highest BCUT2D eigenvalue weighted by Crippen LogP contribution is 2.22. The first kappa shape index (κ1) is 18.9. The Hall–Kier alpha value is -3.48. The number of aromatic nitrogens is 3. The van der Waals surface area contributed by atoms with Crippen LogP contribution in [0.3, 0.4) is 0 Å². The van der Waals surface area contributed by atoms with Gasteiger partial charge in [0.2, 0.25) is 11.7 Å². The van der Waals surface area contributed by atoms with Gasteiger partial charge in [-0.25, -0.2) is 9.67 Å². The molecular formula is C22H23N5O2. The van der Waals surface area contributed by atoms with E-state index in [0.717, 1.165) is 16.8 Å². The molecule has 1 aliphatic rings. The lowest BCUT2D eigenvalue weighted by Gasteiger charge is -2.33. The summed E-state index contributed by atoms with van der Waals surface area (Å²) in [6, 6.07) is 17.7. The molecule has 0 radical (unpaired) electrons. The normalized spacial score (nSPS) is 14.1. The van der Waals surface area contributed by atoms with Gasteiger partial charge in [0.25, 0.3) is 5.91 Å². The highest BCUT2D eigenvalue weighted by molar-refractivity contribution is 5.91. The minimum Gasteiger partial charge on any atom is -0.339 e. The summed E-state index contributed by atoms with van der Waals surface area (Å²) in [7, 11) is 0. The van der Waals surface area contributed by atoms with Crippen molar-refractivity contribution in [3.63, 3.8) is 0 Å². The number of carbonyl (C=O) groups excluding carboxylic acids is 2. The molecule has 1 aromatic heterocycles. The number of hydrogen-bond acceptors (Lipinski definition) is 4. The number of hydrogen-bond donors (Lipinski definition) is 0. The van der Waals surface area contributed by atoms with Gasteiger partial charge < -0.3 is 9.80 Å². The second kappa shape index (κ2) is 7.87. The van der Waals surface area contributed by atoms with Crippen LogP contribution in [0, 0.1) is 6.92 Å². The van der Waals surface area contributed by atoms with Crippen LogP contribution in [-0.4, -0.2) is 62.6 Å². The molecule has 0 spiro atoms. The van der Waals surface area contributed by atoms with E-state index >= 15 is 0 Å². The Labute approximate surface area is 169 Å². The fourth-order valence-corrected chi connectivity index (χ4v) is 3.48. The van der Waals surface area contributed by atoms with Gasteiger partial charge in [-0.3, -0.25) is 9.59 Å². The van der Waals surface area contributed by atoms with Gasteiger partial charge in [0.05, 0.1) is 5.69 Å². The van der Waals surface area contributed by atoms with Crippen molar-refractivity contribution >= 4 is 11.8 Å². The van der Waals surface area contributed by atoms with E-state index in [-0.39, 0.29) is 17.6 Å². The summed E-state index contributed by atoms with van der Waals surface area (Å²) in [5.41, 5.74) is 2.85. The minimum absolute atomic E-state index is 0.0327. The Morgan fingerprint density at radius 3 is 2.24 bits per heavy atom. The van der Waals surface area contributed by atoms with Crippen LogP contribution in [0.5, 0.6) is 0 Å². The third-order valence-electron chi connectivity index (χ3n) is 5.09. The molecule has 0 unspecified atom stereocenters. The molecule has 0 N–H and O–H groups in total. The van der Waals surface area contributed by atoms with Gasteiger partial charge in [0, 0.05) is 38.7 Å². The van der Waals surface area contributed by atoms with E-state index in [4.69, 9.17) is 0 Å². The van der Waals surface area contributed by atoms with Crippen molar-refractivity contribution in [1.82, 2.24) is 24.6 Å². The Bertz CT molecular complexity index is 1040. The van der Waals surface area contributed by atoms with E-state index in [1.165, 1.54) is 0 Å². The fraction of sp³-hybridized carbons (Fsp3) is 0.273. The lowest BCUT2D eigenvalue weighted by atomic mass is 10.2. The van der Waals surface area contributed by atoms with E-state index in [0.29, 0.717) is 32.0 Å². The standard InChI is InChI=1S/C22H23N5O2/c1-16-7-6-10-19(15-16)27-21(18-8-4-3-5-9-18)23-20(24-27)22(29)26-13-11-25(12-14-26)17(2)28/h3-10,15H,11-14H2,1-2H3. The number of carbonyl (C=O) groups is 2. The van der Waals surface area contributed by atoms with Gasteiger partial charge in [-0.2, -0.15) is 0 Å². The highest BCUT2D eigenvalue weighted by atomic mass is 16.2. The van der Waals surface area contributed by atoms with Crippen LogP contribution < -0.4 is 0 Å². The van der Waals surface area contributed by atoms with E-state index < -0.39 is 0 Å². The maximum absolute atomic E-state index is 13.1. The molecule has 7 heteroatoms. The molecule has 1 saturated heterocycles. The van der Waals surface area contributed by atoms with Crippen LogP contribution in [0.4, 0.5) is 0 Å². The zero-order valence-corrected chi connectivity index (χ0v) is 16.6. The van der Waals surface area contributed by atoms with Gasteiger partial charge in [-0.1, -0.05) is 42.5 Å². The molecule has 29 heavy (non-hydrogen) atoms. The molecule has 1 aliphatic heterocycles. The molecule has 2 amide bonds. The summed E-state index contributed by atoms with van der Waals surface area (Å²) in [4.78, 5) is 32.6. The van der Waals surface area contributed by atoms with Crippen molar-refractivity contribution in [3.05, 3.63) is 66.0 Å². The summed E-state index contributed by atoms with van der Waals surface area (Å²) in [6.07, 6.45) is 0. The number of nitrogens with zero attached hydrogens (tertiary/aromatic N) is 5. The summed E-state index contributed by atoms with van der Waals surface area (Å²) >= 11 is 0. The van der Waals surface area contributed by atoms with Crippen LogP contribution in [-0.2, 0) is 4.79 Å². The van der Waals surface area contributed by atoms with E-state index in [2.05, 4.69) is 10.1 Å². The smallest absolute Gasteiger partial charge is 0.293 e. The molecule has 2 aromatic carbocycles. The van der Waals surface area contributed by atoms with Crippen LogP contribution in [0.1, 0.15) is 23.1 Å². The zero-order valence-electron chi connectivity index (χ0n) is 16.6. The monoisotopic (exact) mass is 389 g/mol. The maximum atomic E-state index is 13.1. The van der Waals surface area contributed by atoms with Crippen molar-refractivity contribution in [3.8, 4) is 17.1 Å². The first-order chi connectivity index (χ1) is 14.0. The van der Waals surface area contributed by atoms with Crippen LogP contribution in [0.2, 0.25) is 0 Å². The number of amides is 2. The second-order valence-corrected chi connectivity index (χ2v) is 7.17. The molecule has 2 heterocycles. The van der Waals surface area contributed by atoms with Crippen molar-refractivity contribution in [2.24, 2.45) is 0 Å². The molecular weight excluding hydrogens is 366 g/mol. The molecule has 4 rings (SSSR count). The Balaban J connectivity index is 1.68. The van der Waals surface area contributed by atoms with Gasteiger partial charge >= 0.3 is 0 Å². The molecule has 148 valence electrons. The van der Waals surface area contributed by atoms with Crippen LogP contribution in [0.25, 0.3) is 17.1 Å². The molecule has 3 aromatic rings. The molecule has 7 nitrogen and oxygen atoms in total. The molecule has 0 bridgehead atoms. The van der Waals surface area contributed by atoms with E-state index in [9.17, 15) is 9.59 Å². The van der Waals surface area contributed by atoms with Crippen LogP contribution >= 0.6 is 0 Å². The molecule has 1 fully saturated rings. The highest BCUT2D eigenvalue weighted by Gasteiger charge is 2.27. The average Bonchev–Trinajstić information content (AvgIpc) is 3.19. The Morgan fingerprint density at radius 2 is 1.59 bits per heavy atom. The first-order valence-corrected chi connectivity index (χ1v) is 9.67. The Kier molecular flexibility index (Phi) is 5.12. The number of rotatable bonds is 3. The third-order valence-corrected chi connectivity index (χ3v) is 5.09. The largest absolute Gasteiger partial charge is 0.339 e. The summed E-state index contributed by atoms with van der Waals surface area (Å²) < 4.78 is 1.72. The predicted molar refractivity (Wildman–Crippen MR) is 110 cm³/mol. The van der Waals surface area contributed by atoms with Gasteiger partial charge in [-0.05, 0) is 24.6 Å². The topological polar surface area (TPSA) is 71.3 Å². The van der Waals surface area contributed by atoms with Crippen molar-refractivity contribution < 1.29 is 9.59 Å². The minimum atomic E-state index is -0.211. The maximum Gasteiger partial charge on any atom is 0.293 e. The van der Waals surface area contributed by atoms with Crippen LogP contribution in [0.15, 0.2) is 54.6 Å². The molecule has 0 atom stereocenters. The van der Waals surface area contributed by atoms with E-state index in [1.54, 1.807) is 21.4 Å². The number of benzene rings is 2. The first-order valence-electron chi connectivity index (χ1n) is 9.67.